The molecule has 1 heterocycles. The van der Waals surface area contributed by atoms with E-state index in [1.165, 1.54) is 6.08 Å². The van der Waals surface area contributed by atoms with Gasteiger partial charge in [-0.3, -0.25) is 14.5 Å². The molecule has 0 spiro atoms. The Balaban J connectivity index is 1.34. The Labute approximate surface area is 192 Å². The van der Waals surface area contributed by atoms with Crippen molar-refractivity contribution in [3.63, 3.8) is 0 Å². The van der Waals surface area contributed by atoms with Gasteiger partial charge in [-0.2, -0.15) is 0 Å². The number of nitrogens with one attached hydrogen (secondary N) is 1. The van der Waals surface area contributed by atoms with E-state index in [4.69, 9.17) is 23.2 Å². The number of nitrogens with zero attached hydrogens (tertiary/aromatic N) is 2. The molecule has 1 N–H and O–H groups in total. The third-order valence-electron chi connectivity index (χ3n) is 5.00. The number of benzene rings is 2. The van der Waals surface area contributed by atoms with Crippen LogP contribution in [0.2, 0.25) is 10.0 Å². The van der Waals surface area contributed by atoms with Gasteiger partial charge in [0.2, 0.25) is 11.8 Å². The first kappa shape index (κ1) is 23.1. The molecule has 1 fully saturated rings. The molecule has 2 amide bonds. The van der Waals surface area contributed by atoms with Crippen molar-refractivity contribution in [3.8, 4) is 0 Å². The molecule has 0 bridgehead atoms. The summed E-state index contributed by atoms with van der Waals surface area (Å²) in [5, 5.41) is 4.24. The van der Waals surface area contributed by atoms with Crippen LogP contribution in [0.3, 0.4) is 0 Å². The molecule has 0 unspecified atom stereocenters. The van der Waals surface area contributed by atoms with Crippen LogP contribution in [0.25, 0.3) is 12.2 Å². The van der Waals surface area contributed by atoms with E-state index < -0.39 is 0 Å². The lowest BCUT2D eigenvalue weighted by molar-refractivity contribution is -0.127. The molecule has 0 radical (unpaired) electrons. The fourth-order valence-electron chi connectivity index (χ4n) is 3.18. The monoisotopic (exact) mass is 457 g/mol. The van der Waals surface area contributed by atoms with Gasteiger partial charge in [0.1, 0.15) is 0 Å². The van der Waals surface area contributed by atoms with Crippen molar-refractivity contribution in [2.75, 3.05) is 39.3 Å². The Morgan fingerprint density at radius 1 is 0.806 bits per heavy atom. The molecule has 1 saturated heterocycles. The van der Waals surface area contributed by atoms with Gasteiger partial charge >= 0.3 is 0 Å². The largest absolute Gasteiger partial charge is 0.351 e. The summed E-state index contributed by atoms with van der Waals surface area (Å²) in [6.07, 6.45) is 6.69. The highest BCUT2D eigenvalue weighted by Gasteiger charge is 2.19. The third kappa shape index (κ3) is 7.87. The summed E-state index contributed by atoms with van der Waals surface area (Å²) in [6.45, 7) is 4.24. The molecule has 1 aliphatic heterocycles. The van der Waals surface area contributed by atoms with Gasteiger partial charge in [-0.1, -0.05) is 47.5 Å². The van der Waals surface area contributed by atoms with E-state index in [-0.39, 0.29) is 11.8 Å². The lowest BCUT2D eigenvalue weighted by Gasteiger charge is -2.34. The summed E-state index contributed by atoms with van der Waals surface area (Å²) in [5.41, 5.74) is 1.86. The van der Waals surface area contributed by atoms with Gasteiger partial charge in [0.25, 0.3) is 0 Å². The van der Waals surface area contributed by atoms with Gasteiger partial charge in [0.15, 0.2) is 0 Å². The average molecular weight is 458 g/mol. The summed E-state index contributed by atoms with van der Waals surface area (Å²) < 4.78 is 0. The Bertz CT molecular complexity index is 930. The predicted molar refractivity (Wildman–Crippen MR) is 127 cm³/mol. The number of hydrogen-bond acceptors (Lipinski definition) is 3. The van der Waals surface area contributed by atoms with Crippen molar-refractivity contribution in [2.45, 2.75) is 0 Å². The van der Waals surface area contributed by atoms with Crippen LogP contribution in [0.5, 0.6) is 0 Å². The van der Waals surface area contributed by atoms with E-state index in [9.17, 15) is 9.59 Å². The summed E-state index contributed by atoms with van der Waals surface area (Å²) >= 11 is 11.7. The quantitative estimate of drug-likeness (QED) is 0.639. The Hall–Kier alpha value is -2.60. The number of halogens is 2. The van der Waals surface area contributed by atoms with Gasteiger partial charge in [-0.15, -0.1) is 0 Å². The molecule has 0 atom stereocenters. The highest BCUT2D eigenvalue weighted by Crippen LogP contribution is 2.12. The van der Waals surface area contributed by atoms with Crippen LogP contribution in [-0.4, -0.2) is 60.9 Å². The van der Waals surface area contributed by atoms with Crippen molar-refractivity contribution < 1.29 is 9.59 Å². The zero-order valence-electron chi connectivity index (χ0n) is 17.1. The maximum Gasteiger partial charge on any atom is 0.246 e. The van der Waals surface area contributed by atoms with E-state index in [1.54, 1.807) is 42.5 Å². The lowest BCUT2D eigenvalue weighted by Crippen LogP contribution is -2.49. The maximum atomic E-state index is 12.4. The molecule has 162 valence electrons. The second kappa shape index (κ2) is 11.7. The van der Waals surface area contributed by atoms with Crippen LogP contribution in [0, 0.1) is 0 Å². The minimum Gasteiger partial charge on any atom is -0.351 e. The van der Waals surface area contributed by atoms with Crippen LogP contribution in [0.1, 0.15) is 11.1 Å². The first-order valence-electron chi connectivity index (χ1n) is 10.2. The molecule has 7 heteroatoms. The molecular weight excluding hydrogens is 433 g/mol. The summed E-state index contributed by atoms with van der Waals surface area (Å²) in [4.78, 5) is 28.4. The highest BCUT2D eigenvalue weighted by molar-refractivity contribution is 6.30. The van der Waals surface area contributed by atoms with Crippen molar-refractivity contribution in [1.29, 1.82) is 0 Å². The molecule has 2 aromatic rings. The van der Waals surface area contributed by atoms with Crippen molar-refractivity contribution >= 4 is 47.2 Å². The third-order valence-corrected chi connectivity index (χ3v) is 5.50. The standard InChI is InChI=1S/C24H25Cl2N3O2/c25-21-7-1-19(2-8-21)5-11-23(30)27-13-14-28-15-17-29(18-16-28)24(31)12-6-20-3-9-22(26)10-4-20/h1-12H,13-18H2,(H,27,30)/b11-5+,12-6+. The molecule has 5 nitrogen and oxygen atoms in total. The SMILES string of the molecule is O=C(/C=C/c1ccc(Cl)cc1)NCCN1CCN(C(=O)/C=C/c2ccc(Cl)cc2)CC1. The molecule has 2 aromatic carbocycles. The van der Waals surface area contributed by atoms with Crippen LogP contribution in [0.4, 0.5) is 0 Å². The second-order valence-electron chi connectivity index (χ2n) is 7.23. The highest BCUT2D eigenvalue weighted by atomic mass is 35.5. The first-order valence-corrected chi connectivity index (χ1v) is 10.9. The van der Waals surface area contributed by atoms with Crippen molar-refractivity contribution in [1.82, 2.24) is 15.1 Å². The zero-order valence-corrected chi connectivity index (χ0v) is 18.6. The van der Waals surface area contributed by atoms with E-state index >= 15 is 0 Å². The van der Waals surface area contributed by atoms with Gasteiger partial charge in [0, 0.05) is 61.5 Å². The van der Waals surface area contributed by atoms with Gasteiger partial charge < -0.3 is 10.2 Å². The maximum absolute atomic E-state index is 12.4. The number of piperazine rings is 1. The molecule has 31 heavy (non-hydrogen) atoms. The van der Waals surface area contributed by atoms with Crippen LogP contribution >= 0.6 is 23.2 Å². The van der Waals surface area contributed by atoms with Gasteiger partial charge in [0.05, 0.1) is 0 Å². The molecule has 0 aliphatic carbocycles. The number of amides is 2. The van der Waals surface area contributed by atoms with Crippen LogP contribution < -0.4 is 5.32 Å². The fourth-order valence-corrected chi connectivity index (χ4v) is 3.43. The predicted octanol–water partition coefficient (Wildman–Crippen LogP) is 3.98. The van der Waals surface area contributed by atoms with E-state index in [2.05, 4.69) is 10.2 Å². The minimum absolute atomic E-state index is 0.00948. The van der Waals surface area contributed by atoms with Crippen molar-refractivity contribution in [3.05, 3.63) is 81.9 Å². The lowest BCUT2D eigenvalue weighted by atomic mass is 10.2. The summed E-state index contributed by atoms with van der Waals surface area (Å²) in [6, 6.07) is 14.7. The van der Waals surface area contributed by atoms with E-state index in [0.29, 0.717) is 29.7 Å². The normalized spacial score (nSPS) is 15.0. The van der Waals surface area contributed by atoms with E-state index in [0.717, 1.165) is 30.8 Å². The molecule has 0 saturated carbocycles. The Kier molecular flexibility index (Phi) is 8.71. The number of carbonyl (C=O) groups excluding carboxylic acids is 2. The first-order chi connectivity index (χ1) is 15.0. The molecule has 3 rings (SSSR count). The number of carbonyl (C=O) groups is 2. The Morgan fingerprint density at radius 2 is 1.32 bits per heavy atom. The Morgan fingerprint density at radius 3 is 1.87 bits per heavy atom. The molecule has 0 aromatic heterocycles. The number of rotatable bonds is 7. The van der Waals surface area contributed by atoms with E-state index in [1.807, 2.05) is 29.2 Å². The van der Waals surface area contributed by atoms with Crippen molar-refractivity contribution in [2.24, 2.45) is 0 Å². The smallest absolute Gasteiger partial charge is 0.246 e. The minimum atomic E-state index is -0.129. The topological polar surface area (TPSA) is 52.7 Å². The molecule has 1 aliphatic rings. The van der Waals surface area contributed by atoms with Crippen LogP contribution in [0.15, 0.2) is 60.7 Å². The van der Waals surface area contributed by atoms with Gasteiger partial charge in [-0.25, -0.2) is 0 Å². The average Bonchev–Trinajstić information content (AvgIpc) is 2.78. The van der Waals surface area contributed by atoms with Crippen LogP contribution in [-0.2, 0) is 9.59 Å². The number of hydrogen-bond donors (Lipinski definition) is 1. The van der Waals surface area contributed by atoms with Gasteiger partial charge in [-0.05, 0) is 47.5 Å². The fraction of sp³-hybridized carbons (Fsp3) is 0.250. The summed E-state index contributed by atoms with van der Waals surface area (Å²) in [7, 11) is 0. The zero-order chi connectivity index (χ0) is 22.1. The summed E-state index contributed by atoms with van der Waals surface area (Å²) in [5.74, 6) is -0.119. The second-order valence-corrected chi connectivity index (χ2v) is 8.10. The molecular formula is C24H25Cl2N3O2.